The van der Waals surface area contributed by atoms with E-state index in [9.17, 15) is 0 Å². The maximum Gasteiger partial charge on any atom is 0.0725 e. The number of hydrogen-bond donors (Lipinski definition) is 1. The summed E-state index contributed by atoms with van der Waals surface area (Å²) in [5, 5.41) is 7.68. The fraction of sp³-hybridized carbons (Fsp3) is 0.750. The predicted molar refractivity (Wildman–Crippen MR) is 65.6 cm³/mol. The highest BCUT2D eigenvalue weighted by molar-refractivity contribution is 5.10. The van der Waals surface area contributed by atoms with Crippen molar-refractivity contribution >= 4 is 0 Å². The molecule has 0 amide bonds. The van der Waals surface area contributed by atoms with Gasteiger partial charge in [-0.2, -0.15) is 5.10 Å². The van der Waals surface area contributed by atoms with E-state index in [4.69, 9.17) is 4.74 Å². The Bertz CT molecular complexity index is 318. The molecule has 0 aliphatic heterocycles. The molecule has 0 radical (unpaired) electrons. The van der Waals surface area contributed by atoms with Crippen molar-refractivity contribution in [2.45, 2.75) is 38.8 Å². The number of rotatable bonds is 6. The number of nitrogens with one attached hydrogen (secondary N) is 1. The minimum absolute atomic E-state index is 0.250. The summed E-state index contributed by atoms with van der Waals surface area (Å²) in [6.07, 6.45) is 2.21. The van der Waals surface area contributed by atoms with Crippen LogP contribution in [0.4, 0.5) is 0 Å². The van der Waals surface area contributed by atoms with Crippen LogP contribution in [0.1, 0.15) is 24.7 Å². The van der Waals surface area contributed by atoms with Crippen molar-refractivity contribution in [3.63, 3.8) is 0 Å². The van der Waals surface area contributed by atoms with Crippen LogP contribution in [0.2, 0.25) is 0 Å². The van der Waals surface area contributed by atoms with Crippen molar-refractivity contribution in [2.24, 2.45) is 7.05 Å². The minimum Gasteiger partial charge on any atom is -0.380 e. The molecule has 0 aliphatic rings. The summed E-state index contributed by atoms with van der Waals surface area (Å²) in [6.45, 7) is 4.17. The van der Waals surface area contributed by atoms with Gasteiger partial charge in [0, 0.05) is 32.3 Å². The van der Waals surface area contributed by atoms with E-state index < -0.39 is 0 Å². The number of nitrogens with zero attached hydrogens (tertiary/aromatic N) is 2. The Kier molecular flexibility index (Phi) is 4.96. The number of likely N-dealkylation sites (N-methyl/N-ethyl adjacent to an activating group) is 1. The van der Waals surface area contributed by atoms with Crippen LogP contribution in [-0.4, -0.2) is 36.1 Å². The van der Waals surface area contributed by atoms with Crippen LogP contribution in [0.5, 0.6) is 0 Å². The van der Waals surface area contributed by atoms with E-state index in [1.807, 2.05) is 25.7 Å². The zero-order valence-electron chi connectivity index (χ0n) is 10.9. The lowest BCUT2D eigenvalue weighted by molar-refractivity contribution is 0.0672. The van der Waals surface area contributed by atoms with Gasteiger partial charge < -0.3 is 10.1 Å². The summed E-state index contributed by atoms with van der Waals surface area (Å²) < 4.78 is 7.43. The van der Waals surface area contributed by atoms with Crippen molar-refractivity contribution in [1.29, 1.82) is 0 Å². The summed E-state index contributed by atoms with van der Waals surface area (Å²) in [7, 11) is 5.74. The highest BCUT2D eigenvalue weighted by Gasteiger charge is 2.19. The summed E-state index contributed by atoms with van der Waals surface area (Å²) >= 11 is 0. The lowest BCUT2D eigenvalue weighted by Gasteiger charge is -2.24. The van der Waals surface area contributed by atoms with Crippen LogP contribution < -0.4 is 5.32 Å². The number of methoxy groups -OCH3 is 1. The Morgan fingerprint density at radius 1 is 1.56 bits per heavy atom. The second-order valence-corrected chi connectivity index (χ2v) is 4.18. The molecule has 4 heteroatoms. The standard InChI is InChI=1S/C12H23N3O/c1-6-12(16-5)11(13-3)8-10-7-9(2)14-15(10)4/h7,11-13H,6,8H2,1-5H3. The normalized spacial score (nSPS) is 15.1. The second kappa shape index (κ2) is 6.01. The quantitative estimate of drug-likeness (QED) is 0.793. The molecule has 92 valence electrons. The Morgan fingerprint density at radius 3 is 2.62 bits per heavy atom. The average molecular weight is 225 g/mol. The Balaban J connectivity index is 2.73. The second-order valence-electron chi connectivity index (χ2n) is 4.18. The van der Waals surface area contributed by atoms with Gasteiger partial charge in [0.25, 0.3) is 0 Å². The predicted octanol–water partition coefficient (Wildman–Crippen LogP) is 1.28. The first-order chi connectivity index (χ1) is 7.62. The van der Waals surface area contributed by atoms with Gasteiger partial charge in [-0.25, -0.2) is 0 Å². The van der Waals surface area contributed by atoms with Crippen molar-refractivity contribution < 1.29 is 4.74 Å². The molecule has 0 spiro atoms. The van der Waals surface area contributed by atoms with E-state index in [-0.39, 0.29) is 6.10 Å². The van der Waals surface area contributed by atoms with Crippen molar-refractivity contribution in [3.05, 3.63) is 17.5 Å². The van der Waals surface area contributed by atoms with Gasteiger partial charge in [-0.1, -0.05) is 6.92 Å². The molecule has 1 N–H and O–H groups in total. The van der Waals surface area contributed by atoms with Gasteiger partial charge in [0.2, 0.25) is 0 Å². The summed E-state index contributed by atoms with van der Waals surface area (Å²) in [6, 6.07) is 2.47. The molecule has 0 saturated carbocycles. The van der Waals surface area contributed by atoms with Crippen molar-refractivity contribution in [2.75, 3.05) is 14.2 Å². The molecule has 4 nitrogen and oxygen atoms in total. The molecule has 1 aromatic rings. The number of hydrogen-bond acceptors (Lipinski definition) is 3. The SMILES string of the molecule is CCC(OC)C(Cc1cc(C)nn1C)NC. The number of aryl methyl sites for hydroxylation is 2. The first-order valence-electron chi connectivity index (χ1n) is 5.81. The van der Waals surface area contributed by atoms with Crippen LogP contribution in [0, 0.1) is 6.92 Å². The first kappa shape index (κ1) is 13.2. The molecule has 16 heavy (non-hydrogen) atoms. The maximum atomic E-state index is 5.48. The van der Waals surface area contributed by atoms with E-state index >= 15 is 0 Å². The molecule has 0 fully saturated rings. The van der Waals surface area contributed by atoms with Crippen molar-refractivity contribution in [3.8, 4) is 0 Å². The fourth-order valence-corrected chi connectivity index (χ4v) is 2.12. The molecule has 1 rings (SSSR count). The van der Waals surface area contributed by atoms with Gasteiger partial charge in [-0.15, -0.1) is 0 Å². The van der Waals surface area contributed by atoms with E-state index in [1.165, 1.54) is 5.69 Å². The average Bonchev–Trinajstić information content (AvgIpc) is 2.57. The lowest BCUT2D eigenvalue weighted by atomic mass is 10.0. The first-order valence-corrected chi connectivity index (χ1v) is 5.81. The fourth-order valence-electron chi connectivity index (χ4n) is 2.12. The zero-order valence-corrected chi connectivity index (χ0v) is 10.9. The van der Waals surface area contributed by atoms with Gasteiger partial charge >= 0.3 is 0 Å². The van der Waals surface area contributed by atoms with Gasteiger partial charge in [-0.3, -0.25) is 4.68 Å². The zero-order chi connectivity index (χ0) is 12.1. The van der Waals surface area contributed by atoms with Crippen LogP contribution >= 0.6 is 0 Å². The summed E-state index contributed by atoms with van der Waals surface area (Å²) in [5.74, 6) is 0. The van der Waals surface area contributed by atoms with Crippen LogP contribution in [0.3, 0.4) is 0 Å². The lowest BCUT2D eigenvalue weighted by Crippen LogP contribution is -2.40. The van der Waals surface area contributed by atoms with E-state index in [2.05, 4.69) is 23.4 Å². The molecular weight excluding hydrogens is 202 g/mol. The van der Waals surface area contributed by atoms with Crippen LogP contribution in [0.25, 0.3) is 0 Å². The summed E-state index contributed by atoms with van der Waals surface area (Å²) in [5.41, 5.74) is 2.31. The topological polar surface area (TPSA) is 39.1 Å². The van der Waals surface area contributed by atoms with Crippen LogP contribution in [-0.2, 0) is 18.2 Å². The molecule has 0 bridgehead atoms. The highest BCUT2D eigenvalue weighted by Crippen LogP contribution is 2.11. The Morgan fingerprint density at radius 2 is 2.25 bits per heavy atom. The Labute approximate surface area is 98.0 Å². The number of ether oxygens (including phenoxy) is 1. The van der Waals surface area contributed by atoms with E-state index in [1.54, 1.807) is 7.11 Å². The third kappa shape index (κ3) is 3.06. The van der Waals surface area contributed by atoms with Crippen LogP contribution in [0.15, 0.2) is 6.07 Å². The van der Waals surface area contributed by atoms with Gasteiger partial charge in [0.05, 0.1) is 11.8 Å². The molecule has 0 aliphatic carbocycles. The largest absolute Gasteiger partial charge is 0.380 e. The smallest absolute Gasteiger partial charge is 0.0725 e. The van der Waals surface area contributed by atoms with Crippen molar-refractivity contribution in [1.82, 2.24) is 15.1 Å². The van der Waals surface area contributed by atoms with E-state index in [0.717, 1.165) is 18.5 Å². The van der Waals surface area contributed by atoms with Gasteiger partial charge in [0.15, 0.2) is 0 Å². The molecule has 2 unspecified atom stereocenters. The summed E-state index contributed by atoms with van der Waals surface area (Å²) in [4.78, 5) is 0. The minimum atomic E-state index is 0.250. The molecule has 0 saturated heterocycles. The molecular formula is C12H23N3O. The molecule has 1 aromatic heterocycles. The van der Waals surface area contributed by atoms with Gasteiger partial charge in [-0.05, 0) is 26.5 Å². The monoisotopic (exact) mass is 225 g/mol. The molecule has 2 atom stereocenters. The van der Waals surface area contributed by atoms with Gasteiger partial charge in [0.1, 0.15) is 0 Å². The van der Waals surface area contributed by atoms with E-state index in [0.29, 0.717) is 6.04 Å². The maximum absolute atomic E-state index is 5.48. The third-order valence-electron chi connectivity index (χ3n) is 3.05. The molecule has 0 aromatic carbocycles. The highest BCUT2D eigenvalue weighted by atomic mass is 16.5. The Hall–Kier alpha value is -0.870. The molecule has 1 heterocycles. The third-order valence-corrected chi connectivity index (χ3v) is 3.05. The number of aromatic nitrogens is 2.